The van der Waals surface area contributed by atoms with Crippen LogP contribution in [0, 0.1) is 0 Å². The lowest BCUT2D eigenvalue weighted by Gasteiger charge is -2.39. The van der Waals surface area contributed by atoms with Crippen LogP contribution in [0.2, 0.25) is 0 Å². The van der Waals surface area contributed by atoms with Crippen molar-refractivity contribution in [3.63, 3.8) is 0 Å². The van der Waals surface area contributed by atoms with Gasteiger partial charge in [-0.1, -0.05) is 114 Å². The van der Waals surface area contributed by atoms with Gasteiger partial charge in [-0.2, -0.15) is 0 Å². The molecule has 0 amide bonds. The number of hydrogen-bond acceptors (Lipinski definition) is 2. The molecule has 2 atom stereocenters. The van der Waals surface area contributed by atoms with E-state index in [9.17, 15) is 9.46 Å². The normalized spacial score (nSPS) is 14.7. The summed E-state index contributed by atoms with van der Waals surface area (Å²) in [7, 11) is 3.64. The minimum atomic E-state index is -2.43. The van der Waals surface area contributed by atoms with Gasteiger partial charge in [-0.3, -0.25) is 4.48 Å². The first-order valence-corrected chi connectivity index (χ1v) is 15.6. The Morgan fingerprint density at radius 3 is 1.36 bits per heavy atom. The number of unbranched alkanes of at least 4 members (excludes halogenated alkanes) is 16. The second-order valence-corrected chi connectivity index (χ2v) is 12.5. The fourth-order valence-corrected chi connectivity index (χ4v) is 6.22. The molecule has 33 heavy (non-hydrogen) atoms. The minimum absolute atomic E-state index is 0.508. The second kappa shape index (κ2) is 21.1. The highest BCUT2D eigenvalue weighted by Gasteiger charge is 2.53. The highest BCUT2D eigenvalue weighted by Crippen LogP contribution is 2.45. The molecular formula is C29H59NO2P+. The molecule has 0 saturated heterocycles. The number of allylic oxidation sites excluding steroid dienone is 2. The Morgan fingerprint density at radius 1 is 0.606 bits per heavy atom. The van der Waals surface area contributed by atoms with E-state index in [0.717, 1.165) is 38.5 Å². The van der Waals surface area contributed by atoms with Crippen LogP contribution in [-0.4, -0.2) is 30.9 Å². The van der Waals surface area contributed by atoms with Crippen molar-refractivity contribution in [2.45, 2.75) is 154 Å². The van der Waals surface area contributed by atoms with Gasteiger partial charge < -0.3 is 4.89 Å². The Labute approximate surface area is 209 Å². The van der Waals surface area contributed by atoms with Crippen molar-refractivity contribution in [3.8, 4) is 0 Å². The Kier molecular flexibility index (Phi) is 20.9. The van der Waals surface area contributed by atoms with Crippen molar-refractivity contribution in [2.75, 3.05) is 21.1 Å². The highest BCUT2D eigenvalue weighted by molar-refractivity contribution is 7.38. The summed E-state index contributed by atoms with van der Waals surface area (Å²) < 4.78 is 12.6. The van der Waals surface area contributed by atoms with Crippen LogP contribution in [0.5, 0.6) is 0 Å². The summed E-state index contributed by atoms with van der Waals surface area (Å²) >= 11 is 0. The lowest BCUT2D eigenvalue weighted by Crippen LogP contribution is -2.55. The predicted octanol–water partition coefficient (Wildman–Crippen LogP) is 9.28. The minimum Gasteiger partial charge on any atom is -0.590 e. The fourth-order valence-electron chi connectivity index (χ4n) is 4.99. The molecule has 0 spiro atoms. The van der Waals surface area contributed by atoms with Gasteiger partial charge in [-0.15, -0.1) is 0 Å². The predicted molar refractivity (Wildman–Crippen MR) is 146 cm³/mol. The molecule has 2 unspecified atom stereocenters. The number of hydrogen-bond donors (Lipinski definition) is 0. The van der Waals surface area contributed by atoms with Crippen LogP contribution in [0.3, 0.4) is 0 Å². The molecule has 0 aliphatic heterocycles. The van der Waals surface area contributed by atoms with Crippen LogP contribution < -0.4 is 4.89 Å². The molecule has 4 heteroatoms. The van der Waals surface area contributed by atoms with Crippen LogP contribution in [-0.2, 0) is 4.57 Å². The maximum Gasteiger partial charge on any atom is 0.376 e. The van der Waals surface area contributed by atoms with E-state index < -0.39 is 13.3 Å². The molecule has 0 heterocycles. The van der Waals surface area contributed by atoms with Crippen molar-refractivity contribution >= 4 is 8.03 Å². The zero-order valence-corrected chi connectivity index (χ0v) is 24.1. The SMILES string of the molecule is CCCCCCCCCCCCCCCCC=CCCCCC(CCC)([P+](=O)[O-])[N+](C)(C)C. The number of rotatable bonds is 24. The first-order chi connectivity index (χ1) is 15.8. The van der Waals surface area contributed by atoms with Crippen LogP contribution in [0.15, 0.2) is 12.2 Å². The van der Waals surface area contributed by atoms with E-state index in [4.69, 9.17) is 0 Å². The van der Waals surface area contributed by atoms with Crippen molar-refractivity contribution in [3.05, 3.63) is 12.2 Å². The van der Waals surface area contributed by atoms with Crippen LogP contribution >= 0.6 is 8.03 Å². The number of nitrogens with zero attached hydrogens (tertiary/aromatic N) is 1. The third kappa shape index (κ3) is 16.1. The lowest BCUT2D eigenvalue weighted by molar-refractivity contribution is -0.910. The highest BCUT2D eigenvalue weighted by atomic mass is 31.1. The van der Waals surface area contributed by atoms with Crippen molar-refractivity contribution < 1.29 is 13.9 Å². The zero-order chi connectivity index (χ0) is 24.8. The average Bonchev–Trinajstić information content (AvgIpc) is 2.76. The maximum atomic E-state index is 12.1. The molecule has 3 nitrogen and oxygen atoms in total. The van der Waals surface area contributed by atoms with Gasteiger partial charge in [0.05, 0.1) is 21.1 Å². The first kappa shape index (κ1) is 32.8. The summed E-state index contributed by atoms with van der Waals surface area (Å²) in [6, 6.07) is 0. The Balaban J connectivity index is 3.62. The molecule has 0 bridgehead atoms. The largest absolute Gasteiger partial charge is 0.590 e. The van der Waals surface area contributed by atoms with Gasteiger partial charge in [0.2, 0.25) is 0 Å². The molecule has 0 N–H and O–H groups in total. The monoisotopic (exact) mass is 484 g/mol. The van der Waals surface area contributed by atoms with Crippen molar-refractivity contribution in [1.82, 2.24) is 0 Å². The summed E-state index contributed by atoms with van der Waals surface area (Å²) in [6.45, 7) is 4.37. The van der Waals surface area contributed by atoms with Gasteiger partial charge in [0.15, 0.2) is 0 Å². The summed E-state index contributed by atoms with van der Waals surface area (Å²) in [5.41, 5.74) is 0. The van der Waals surface area contributed by atoms with E-state index >= 15 is 0 Å². The summed E-state index contributed by atoms with van der Waals surface area (Å²) in [5, 5.41) is -0.609. The van der Waals surface area contributed by atoms with E-state index in [1.54, 1.807) is 0 Å². The third-order valence-corrected chi connectivity index (χ3v) is 9.05. The van der Waals surface area contributed by atoms with E-state index in [1.165, 1.54) is 96.3 Å². The third-order valence-electron chi connectivity index (χ3n) is 7.33. The van der Waals surface area contributed by atoms with E-state index in [2.05, 4.69) is 26.0 Å². The van der Waals surface area contributed by atoms with E-state index in [0.29, 0.717) is 4.48 Å². The van der Waals surface area contributed by atoms with Gasteiger partial charge in [-0.25, -0.2) is 0 Å². The van der Waals surface area contributed by atoms with Crippen LogP contribution in [0.4, 0.5) is 0 Å². The van der Waals surface area contributed by atoms with Gasteiger partial charge in [0.25, 0.3) is 5.28 Å². The molecule has 0 rings (SSSR count). The molecular weight excluding hydrogens is 425 g/mol. The van der Waals surface area contributed by atoms with Crippen LogP contribution in [0.1, 0.15) is 149 Å². The maximum absolute atomic E-state index is 12.1. The zero-order valence-electron chi connectivity index (χ0n) is 23.2. The summed E-state index contributed by atoms with van der Waals surface area (Å²) in [4.78, 5) is 12.1. The molecule has 0 aromatic heterocycles. The molecule has 0 aliphatic rings. The average molecular weight is 485 g/mol. The summed E-state index contributed by atoms with van der Waals surface area (Å²) in [5.74, 6) is 0. The quantitative estimate of drug-likeness (QED) is 0.0592. The van der Waals surface area contributed by atoms with Gasteiger partial charge >= 0.3 is 8.03 Å². The second-order valence-electron chi connectivity index (χ2n) is 11.1. The Bertz CT molecular complexity index is 487. The lowest BCUT2D eigenvalue weighted by atomic mass is 10.00. The molecule has 0 aromatic carbocycles. The standard InChI is InChI=1S/C29H59NO2P/c1-6-8-9-10-11-12-13-14-15-16-17-18-19-20-21-22-23-24-25-26-28-29(27-7-2,33(31)32)30(3,4)5/h22-23H,6-21,24-28H2,1-5H3/q+1. The van der Waals surface area contributed by atoms with Crippen molar-refractivity contribution in [2.24, 2.45) is 0 Å². The summed E-state index contributed by atoms with van der Waals surface area (Å²) in [6.07, 6.45) is 31.2. The fraction of sp³-hybridized carbons (Fsp3) is 0.931. The Morgan fingerprint density at radius 2 is 1.00 bits per heavy atom. The van der Waals surface area contributed by atoms with Crippen LogP contribution in [0.25, 0.3) is 0 Å². The molecule has 0 radical (unpaired) electrons. The van der Waals surface area contributed by atoms with E-state index in [1.807, 2.05) is 21.1 Å². The number of quaternary nitrogens is 1. The molecule has 0 saturated carbocycles. The van der Waals surface area contributed by atoms with Gasteiger partial charge in [-0.05, 0) is 38.5 Å². The topological polar surface area (TPSA) is 40.1 Å². The van der Waals surface area contributed by atoms with Crippen molar-refractivity contribution in [1.29, 1.82) is 0 Å². The first-order valence-electron chi connectivity index (χ1n) is 14.4. The molecule has 196 valence electrons. The van der Waals surface area contributed by atoms with Gasteiger partial charge in [0.1, 0.15) is 0 Å². The van der Waals surface area contributed by atoms with E-state index in [-0.39, 0.29) is 0 Å². The Hall–Kier alpha value is -0.240. The molecule has 0 fully saturated rings. The molecule has 0 aromatic rings. The molecule has 0 aliphatic carbocycles. The smallest absolute Gasteiger partial charge is 0.376 e. The van der Waals surface area contributed by atoms with Gasteiger partial charge in [0, 0.05) is 12.8 Å².